The van der Waals surface area contributed by atoms with Crippen LogP contribution in [-0.4, -0.2) is 4.98 Å². The number of rotatable bonds is 0. The van der Waals surface area contributed by atoms with Crippen LogP contribution in [-0.2, 0) is 0 Å². The van der Waals surface area contributed by atoms with Crippen LogP contribution in [0.25, 0.3) is 21.5 Å². The summed E-state index contributed by atoms with van der Waals surface area (Å²) in [4.78, 5) is 3.86. The molecule has 0 fully saturated rings. The number of terminal acetylenes is 1. The van der Waals surface area contributed by atoms with E-state index in [0.29, 0.717) is 5.69 Å². The monoisotopic (exact) mass is 281 g/mol. The lowest BCUT2D eigenvalue weighted by atomic mass is 10.0. The number of nitrogens with zero attached hydrogens (tertiary/aromatic N) is 1. The molecule has 4 rings (SSSR count). The molecule has 0 spiro atoms. The van der Waals surface area contributed by atoms with Gasteiger partial charge in [0.2, 0.25) is 0 Å². The van der Waals surface area contributed by atoms with Gasteiger partial charge in [-0.05, 0) is 45.8 Å². The molecule has 0 saturated carbocycles. The van der Waals surface area contributed by atoms with Crippen LogP contribution < -0.4 is 0 Å². The van der Waals surface area contributed by atoms with E-state index in [1.54, 1.807) is 12.3 Å². The number of fused-ring (bicyclic) bond motifs is 2. The Bertz CT molecular complexity index is 829. The third kappa shape index (κ3) is 3.13. The third-order valence-electron chi connectivity index (χ3n) is 3.43. The van der Waals surface area contributed by atoms with Crippen LogP contribution >= 0.6 is 0 Å². The first kappa shape index (κ1) is 13.9. The van der Waals surface area contributed by atoms with Gasteiger partial charge in [-0.2, -0.15) is 0 Å². The van der Waals surface area contributed by atoms with Crippen LogP contribution in [0.5, 0.6) is 0 Å². The van der Waals surface area contributed by atoms with Crippen LogP contribution in [0.1, 0.15) is 5.69 Å². The van der Waals surface area contributed by atoms with Gasteiger partial charge in [0.1, 0.15) is 5.69 Å². The van der Waals surface area contributed by atoms with E-state index in [4.69, 9.17) is 6.42 Å². The Kier molecular flexibility index (Phi) is 4.13. The predicted octanol–water partition coefficient (Wildman–Crippen LogP) is 5.06. The summed E-state index contributed by atoms with van der Waals surface area (Å²) in [6, 6.07) is 26.9. The topological polar surface area (TPSA) is 12.9 Å². The van der Waals surface area contributed by atoms with E-state index in [0.717, 1.165) is 0 Å². The molecule has 0 saturated heterocycles. The summed E-state index contributed by atoms with van der Waals surface area (Å²) in [5.74, 6) is 2.42. The first-order chi connectivity index (χ1) is 10.9. The van der Waals surface area contributed by atoms with Crippen LogP contribution in [0, 0.1) is 12.3 Å². The highest BCUT2D eigenvalue weighted by atomic mass is 14.6. The van der Waals surface area contributed by atoms with Crippen LogP contribution in [0.15, 0.2) is 85.1 Å². The van der Waals surface area contributed by atoms with Crippen molar-refractivity contribution in [2.24, 2.45) is 0 Å². The van der Waals surface area contributed by atoms with Crippen molar-refractivity contribution in [3.05, 3.63) is 90.8 Å². The highest BCUT2D eigenvalue weighted by Gasteiger charge is 1.95. The molecule has 0 amide bonds. The first-order valence-electron chi connectivity index (χ1n) is 7.12. The maximum Gasteiger partial charge on any atom is 0.112 e. The minimum Gasteiger partial charge on any atom is -0.248 e. The molecule has 1 heteroatoms. The van der Waals surface area contributed by atoms with E-state index in [9.17, 15) is 0 Å². The number of hydrogen-bond acceptors (Lipinski definition) is 1. The molecule has 0 bridgehead atoms. The summed E-state index contributed by atoms with van der Waals surface area (Å²) in [6.45, 7) is 0. The van der Waals surface area contributed by atoms with Crippen molar-refractivity contribution in [2.75, 3.05) is 0 Å². The van der Waals surface area contributed by atoms with E-state index in [1.807, 2.05) is 12.1 Å². The second-order valence-corrected chi connectivity index (χ2v) is 4.91. The Morgan fingerprint density at radius 3 is 1.41 bits per heavy atom. The van der Waals surface area contributed by atoms with Crippen molar-refractivity contribution in [1.82, 2.24) is 4.98 Å². The SMILES string of the molecule is C#Cc1ccccn1.c1ccc2cc3ccccc3cc2c1. The Morgan fingerprint density at radius 1 is 0.636 bits per heavy atom. The molecule has 3 aromatic carbocycles. The fourth-order valence-electron chi connectivity index (χ4n) is 2.33. The maximum atomic E-state index is 5.04. The van der Waals surface area contributed by atoms with Crippen LogP contribution in [0.2, 0.25) is 0 Å². The highest BCUT2D eigenvalue weighted by Crippen LogP contribution is 2.21. The van der Waals surface area contributed by atoms with Gasteiger partial charge >= 0.3 is 0 Å². The van der Waals surface area contributed by atoms with Gasteiger partial charge in [-0.3, -0.25) is 0 Å². The zero-order valence-electron chi connectivity index (χ0n) is 12.1. The van der Waals surface area contributed by atoms with E-state index < -0.39 is 0 Å². The van der Waals surface area contributed by atoms with Crippen molar-refractivity contribution in [3.8, 4) is 12.3 Å². The lowest BCUT2D eigenvalue weighted by molar-refractivity contribution is 1.29. The van der Waals surface area contributed by atoms with Gasteiger partial charge < -0.3 is 0 Å². The summed E-state index contributed by atoms with van der Waals surface area (Å²) < 4.78 is 0. The molecule has 1 heterocycles. The third-order valence-corrected chi connectivity index (χ3v) is 3.43. The average molecular weight is 281 g/mol. The highest BCUT2D eigenvalue weighted by molar-refractivity contribution is 5.98. The molecule has 1 aromatic heterocycles. The van der Waals surface area contributed by atoms with Crippen molar-refractivity contribution in [1.29, 1.82) is 0 Å². The van der Waals surface area contributed by atoms with E-state index >= 15 is 0 Å². The summed E-state index contributed by atoms with van der Waals surface area (Å²) in [6.07, 6.45) is 6.71. The van der Waals surface area contributed by atoms with Crippen LogP contribution in [0.4, 0.5) is 0 Å². The van der Waals surface area contributed by atoms with E-state index in [-0.39, 0.29) is 0 Å². The molecule has 0 atom stereocenters. The maximum absolute atomic E-state index is 5.04. The molecule has 0 radical (unpaired) electrons. The minimum absolute atomic E-state index is 0.688. The quantitative estimate of drug-likeness (QED) is 0.324. The van der Waals surface area contributed by atoms with Crippen LogP contribution in [0.3, 0.4) is 0 Å². The fourth-order valence-corrected chi connectivity index (χ4v) is 2.33. The molecule has 0 aliphatic rings. The normalized spacial score (nSPS) is 9.77. The molecule has 1 nitrogen and oxygen atoms in total. The number of aromatic nitrogens is 1. The Hall–Kier alpha value is -3.11. The summed E-state index contributed by atoms with van der Waals surface area (Å²) in [5, 5.41) is 5.25. The lowest BCUT2D eigenvalue weighted by Crippen LogP contribution is -1.75. The number of pyridine rings is 1. The van der Waals surface area contributed by atoms with Crippen molar-refractivity contribution >= 4 is 21.5 Å². The Morgan fingerprint density at radius 2 is 1.09 bits per heavy atom. The molecule has 22 heavy (non-hydrogen) atoms. The lowest BCUT2D eigenvalue weighted by Gasteiger charge is -2.00. The second-order valence-electron chi connectivity index (χ2n) is 4.91. The smallest absolute Gasteiger partial charge is 0.112 e. The van der Waals surface area contributed by atoms with Crippen molar-refractivity contribution < 1.29 is 0 Å². The van der Waals surface area contributed by atoms with Gasteiger partial charge in [0, 0.05) is 6.20 Å². The molecule has 0 N–H and O–H groups in total. The fraction of sp³-hybridized carbons (Fsp3) is 0. The Balaban J connectivity index is 0.000000154. The molecule has 104 valence electrons. The molecule has 0 aliphatic carbocycles. The average Bonchev–Trinajstić information content (AvgIpc) is 2.61. The van der Waals surface area contributed by atoms with Gasteiger partial charge in [-0.15, -0.1) is 6.42 Å². The Labute approximate surface area is 130 Å². The van der Waals surface area contributed by atoms with E-state index in [1.165, 1.54) is 21.5 Å². The zero-order chi connectivity index (χ0) is 15.2. The van der Waals surface area contributed by atoms with Gasteiger partial charge in [0.15, 0.2) is 0 Å². The number of benzene rings is 3. The van der Waals surface area contributed by atoms with Gasteiger partial charge in [0.25, 0.3) is 0 Å². The number of hydrogen-bond donors (Lipinski definition) is 0. The van der Waals surface area contributed by atoms with E-state index in [2.05, 4.69) is 71.6 Å². The van der Waals surface area contributed by atoms with Crippen molar-refractivity contribution in [2.45, 2.75) is 0 Å². The largest absolute Gasteiger partial charge is 0.248 e. The van der Waals surface area contributed by atoms with Gasteiger partial charge in [0.05, 0.1) is 0 Å². The molecule has 0 aliphatic heterocycles. The first-order valence-corrected chi connectivity index (χ1v) is 7.12. The summed E-state index contributed by atoms with van der Waals surface area (Å²) in [5.41, 5.74) is 0.688. The predicted molar refractivity (Wildman–Crippen MR) is 93.6 cm³/mol. The second kappa shape index (κ2) is 6.56. The zero-order valence-corrected chi connectivity index (χ0v) is 12.1. The van der Waals surface area contributed by atoms with Crippen molar-refractivity contribution in [3.63, 3.8) is 0 Å². The standard InChI is InChI=1S/C14H10.C7H5N/c1-2-6-12-10-14-8-4-3-7-13(14)9-11(12)5-1;1-2-7-5-3-4-6-8-7/h1-10H;1,3-6H. The van der Waals surface area contributed by atoms with Gasteiger partial charge in [-0.25, -0.2) is 4.98 Å². The summed E-state index contributed by atoms with van der Waals surface area (Å²) in [7, 11) is 0. The molecule has 4 aromatic rings. The molecule has 0 unspecified atom stereocenters. The molecular formula is C21H15N. The summed E-state index contributed by atoms with van der Waals surface area (Å²) >= 11 is 0. The molecular weight excluding hydrogens is 266 g/mol. The van der Waals surface area contributed by atoms with Gasteiger partial charge in [-0.1, -0.05) is 60.5 Å². The minimum atomic E-state index is 0.688.